The van der Waals surface area contributed by atoms with E-state index < -0.39 is 27.2 Å². The van der Waals surface area contributed by atoms with Crippen molar-refractivity contribution in [1.29, 1.82) is 0 Å². The van der Waals surface area contributed by atoms with Gasteiger partial charge in [-0.15, -0.1) is 0 Å². The standard InChI is InChI=1S/C15H10BrClFN3O3S/c16-11-4-10(17)5-13(14(11)22)25(23,24)6-9-3-8(1-2-12(9)18)15-19-7-20-21-15/h1-5,7,22H,6H2,(H,19,20,21). The van der Waals surface area contributed by atoms with E-state index in [1.807, 2.05) is 0 Å². The second-order valence-corrected chi connectivity index (χ2v) is 8.38. The summed E-state index contributed by atoms with van der Waals surface area (Å²) in [4.78, 5) is 3.57. The number of halogens is 3. The Bertz CT molecular complexity index is 1040. The number of sulfone groups is 1. The summed E-state index contributed by atoms with van der Waals surface area (Å²) in [6, 6.07) is 6.45. The Morgan fingerprint density at radius 2 is 2.04 bits per heavy atom. The third-order valence-electron chi connectivity index (χ3n) is 3.41. The molecule has 0 bridgehead atoms. The molecule has 1 heterocycles. The quantitative estimate of drug-likeness (QED) is 0.637. The summed E-state index contributed by atoms with van der Waals surface area (Å²) in [5, 5.41) is 16.5. The van der Waals surface area contributed by atoms with Crippen LogP contribution in [0.1, 0.15) is 5.56 Å². The largest absolute Gasteiger partial charge is 0.505 e. The summed E-state index contributed by atoms with van der Waals surface area (Å²) in [5.74, 6) is -1.43. The lowest BCUT2D eigenvalue weighted by Crippen LogP contribution is -2.07. The molecule has 3 aromatic rings. The SMILES string of the molecule is O=S(=O)(Cc1cc(-c2ncn[nH]2)ccc1F)c1cc(Cl)cc(Br)c1O. The highest BCUT2D eigenvalue weighted by molar-refractivity contribution is 9.10. The van der Waals surface area contributed by atoms with Crippen molar-refractivity contribution in [2.75, 3.05) is 0 Å². The highest BCUT2D eigenvalue weighted by Gasteiger charge is 2.24. The van der Waals surface area contributed by atoms with E-state index in [0.717, 1.165) is 12.1 Å². The average molecular weight is 447 g/mol. The first-order valence-electron chi connectivity index (χ1n) is 6.83. The number of phenolic OH excluding ortho intramolecular Hbond substituents is 1. The third-order valence-corrected chi connectivity index (χ3v) is 5.90. The number of hydrogen-bond donors (Lipinski definition) is 2. The monoisotopic (exact) mass is 445 g/mol. The number of H-pyrrole nitrogens is 1. The van der Waals surface area contributed by atoms with Crippen molar-refractivity contribution in [2.45, 2.75) is 10.6 Å². The molecule has 0 saturated heterocycles. The molecule has 2 N–H and O–H groups in total. The molecular formula is C15H10BrClFN3O3S. The summed E-state index contributed by atoms with van der Waals surface area (Å²) >= 11 is 8.89. The lowest BCUT2D eigenvalue weighted by Gasteiger charge is -2.10. The van der Waals surface area contributed by atoms with Gasteiger partial charge in [0.25, 0.3) is 0 Å². The number of rotatable bonds is 4. The van der Waals surface area contributed by atoms with Crippen molar-refractivity contribution >= 4 is 37.4 Å². The van der Waals surface area contributed by atoms with Crippen molar-refractivity contribution in [3.05, 3.63) is 57.5 Å². The minimum absolute atomic E-state index is 0.0654. The van der Waals surface area contributed by atoms with Crippen LogP contribution in [-0.4, -0.2) is 28.7 Å². The first-order chi connectivity index (χ1) is 11.8. The van der Waals surface area contributed by atoms with Gasteiger partial charge in [0.1, 0.15) is 22.8 Å². The number of aromatic nitrogens is 3. The van der Waals surface area contributed by atoms with Crippen LogP contribution in [0.3, 0.4) is 0 Å². The Balaban J connectivity index is 2.03. The zero-order valence-electron chi connectivity index (χ0n) is 12.4. The average Bonchev–Trinajstić information content (AvgIpc) is 3.07. The van der Waals surface area contributed by atoms with Gasteiger partial charge in [-0.1, -0.05) is 11.6 Å². The van der Waals surface area contributed by atoms with Crippen LogP contribution in [0.15, 0.2) is 46.0 Å². The van der Waals surface area contributed by atoms with Gasteiger partial charge in [-0.05, 0) is 46.3 Å². The van der Waals surface area contributed by atoms with Gasteiger partial charge >= 0.3 is 0 Å². The summed E-state index contributed by atoms with van der Waals surface area (Å²) in [6.45, 7) is 0. The fourth-order valence-corrected chi connectivity index (χ4v) is 4.74. The zero-order valence-corrected chi connectivity index (χ0v) is 15.5. The lowest BCUT2D eigenvalue weighted by atomic mass is 10.1. The van der Waals surface area contributed by atoms with Gasteiger partial charge in [0, 0.05) is 16.1 Å². The van der Waals surface area contributed by atoms with Crippen LogP contribution in [0.25, 0.3) is 11.4 Å². The minimum atomic E-state index is -4.05. The maximum absolute atomic E-state index is 14.1. The second-order valence-electron chi connectivity index (χ2n) is 5.13. The number of hydrogen-bond acceptors (Lipinski definition) is 5. The molecule has 0 fully saturated rings. The molecule has 130 valence electrons. The second kappa shape index (κ2) is 6.74. The first-order valence-corrected chi connectivity index (χ1v) is 9.65. The van der Waals surface area contributed by atoms with Gasteiger partial charge < -0.3 is 5.11 Å². The van der Waals surface area contributed by atoms with Gasteiger partial charge in [-0.3, -0.25) is 5.10 Å². The number of nitrogens with zero attached hydrogens (tertiary/aromatic N) is 2. The topological polar surface area (TPSA) is 95.9 Å². The Kier molecular flexibility index (Phi) is 4.81. The van der Waals surface area contributed by atoms with Crippen LogP contribution in [0.5, 0.6) is 5.75 Å². The normalized spacial score (nSPS) is 11.6. The van der Waals surface area contributed by atoms with E-state index in [1.54, 1.807) is 0 Å². The molecule has 3 rings (SSSR count). The number of nitrogens with one attached hydrogen (secondary N) is 1. The van der Waals surface area contributed by atoms with Crippen molar-refractivity contribution in [1.82, 2.24) is 15.2 Å². The van der Waals surface area contributed by atoms with Crippen molar-refractivity contribution < 1.29 is 17.9 Å². The summed E-state index contributed by atoms with van der Waals surface area (Å²) in [6.07, 6.45) is 1.29. The van der Waals surface area contributed by atoms with Crippen LogP contribution < -0.4 is 0 Å². The minimum Gasteiger partial charge on any atom is -0.505 e. The fourth-order valence-electron chi connectivity index (χ4n) is 2.24. The molecular weight excluding hydrogens is 437 g/mol. The molecule has 0 spiro atoms. The van der Waals surface area contributed by atoms with E-state index in [0.29, 0.717) is 11.4 Å². The molecule has 10 heteroatoms. The van der Waals surface area contributed by atoms with Gasteiger partial charge in [0.05, 0.1) is 10.2 Å². The molecule has 0 atom stereocenters. The van der Waals surface area contributed by atoms with Gasteiger partial charge in [-0.2, -0.15) is 5.10 Å². The van der Waals surface area contributed by atoms with Crippen molar-refractivity contribution in [3.63, 3.8) is 0 Å². The zero-order chi connectivity index (χ0) is 18.2. The molecule has 1 aromatic heterocycles. The summed E-state index contributed by atoms with van der Waals surface area (Å²) in [7, 11) is -4.05. The number of benzene rings is 2. The predicted molar refractivity (Wildman–Crippen MR) is 93.5 cm³/mol. The van der Waals surface area contributed by atoms with Crippen molar-refractivity contribution in [3.8, 4) is 17.1 Å². The van der Waals surface area contributed by atoms with E-state index in [1.165, 1.54) is 24.5 Å². The Morgan fingerprint density at radius 3 is 2.72 bits per heavy atom. The highest BCUT2D eigenvalue weighted by atomic mass is 79.9. The molecule has 0 saturated carbocycles. The number of aromatic amines is 1. The fraction of sp³-hybridized carbons (Fsp3) is 0.0667. The van der Waals surface area contributed by atoms with Crippen LogP contribution in [0.4, 0.5) is 4.39 Å². The molecule has 0 amide bonds. The smallest absolute Gasteiger partial charge is 0.186 e. The summed E-state index contributed by atoms with van der Waals surface area (Å²) < 4.78 is 39.5. The molecule has 0 aliphatic rings. The summed E-state index contributed by atoms with van der Waals surface area (Å²) in [5.41, 5.74) is 0.421. The van der Waals surface area contributed by atoms with Gasteiger partial charge in [-0.25, -0.2) is 17.8 Å². The highest BCUT2D eigenvalue weighted by Crippen LogP contribution is 2.36. The predicted octanol–water partition coefficient (Wildman–Crippen LogP) is 3.71. The van der Waals surface area contributed by atoms with Gasteiger partial charge in [0.15, 0.2) is 15.7 Å². The Labute approximate surface area is 155 Å². The molecule has 0 aliphatic carbocycles. The molecule has 2 aromatic carbocycles. The Morgan fingerprint density at radius 1 is 1.28 bits per heavy atom. The van der Waals surface area contributed by atoms with E-state index in [-0.39, 0.29) is 20.0 Å². The third kappa shape index (κ3) is 3.68. The first kappa shape index (κ1) is 17.8. The molecule has 0 aliphatic heterocycles. The van der Waals surface area contributed by atoms with E-state index in [9.17, 15) is 17.9 Å². The maximum atomic E-state index is 14.1. The van der Waals surface area contributed by atoms with E-state index >= 15 is 0 Å². The lowest BCUT2D eigenvalue weighted by molar-refractivity contribution is 0.455. The number of phenols is 1. The molecule has 6 nitrogen and oxygen atoms in total. The van der Waals surface area contributed by atoms with Crippen LogP contribution in [-0.2, 0) is 15.6 Å². The Hall–Kier alpha value is -1.97. The molecule has 25 heavy (non-hydrogen) atoms. The van der Waals surface area contributed by atoms with Crippen LogP contribution >= 0.6 is 27.5 Å². The van der Waals surface area contributed by atoms with E-state index in [4.69, 9.17) is 11.6 Å². The van der Waals surface area contributed by atoms with Crippen LogP contribution in [0, 0.1) is 5.82 Å². The number of aromatic hydroxyl groups is 1. The molecule has 0 radical (unpaired) electrons. The van der Waals surface area contributed by atoms with Crippen LogP contribution in [0.2, 0.25) is 5.02 Å². The molecule has 0 unspecified atom stereocenters. The van der Waals surface area contributed by atoms with E-state index in [2.05, 4.69) is 31.1 Å². The maximum Gasteiger partial charge on any atom is 0.186 e. The van der Waals surface area contributed by atoms with Gasteiger partial charge in [0.2, 0.25) is 0 Å². The van der Waals surface area contributed by atoms with Crippen molar-refractivity contribution in [2.24, 2.45) is 0 Å².